The number of amides is 2. The van der Waals surface area contributed by atoms with Gasteiger partial charge in [-0.2, -0.15) is 0 Å². The number of carbonyl (C=O) groups is 2. The first kappa shape index (κ1) is 23.1. The van der Waals surface area contributed by atoms with Gasteiger partial charge in [0.15, 0.2) is 0 Å². The standard InChI is InChI=1S/C26H26F2N2O2S/c1-3-17(2)30(26(32)20-6-4-5-7-22(20)28)16-24(31)29-14-12-23-21(13-15-33-23)25(29)18-8-10-19(27)11-9-18/h4-11,13,15,17,25H,3,12,14,16H2,1-2H3. The number of hydrogen-bond acceptors (Lipinski definition) is 3. The van der Waals surface area contributed by atoms with Crippen LogP contribution in [-0.2, 0) is 11.2 Å². The van der Waals surface area contributed by atoms with E-state index in [-0.39, 0.29) is 35.9 Å². The Morgan fingerprint density at radius 1 is 1.12 bits per heavy atom. The molecular formula is C26H26F2N2O2S. The molecule has 0 aliphatic carbocycles. The Morgan fingerprint density at radius 2 is 1.85 bits per heavy atom. The van der Waals surface area contributed by atoms with Crippen LogP contribution in [0.2, 0.25) is 0 Å². The highest BCUT2D eigenvalue weighted by atomic mass is 32.1. The zero-order valence-electron chi connectivity index (χ0n) is 18.6. The SMILES string of the molecule is CCC(C)N(CC(=O)N1CCc2sccc2C1c1ccc(F)cc1)C(=O)c1ccccc1F. The lowest BCUT2D eigenvalue weighted by atomic mass is 9.93. The van der Waals surface area contributed by atoms with Crippen LogP contribution in [0, 0.1) is 11.6 Å². The molecule has 4 nitrogen and oxygen atoms in total. The van der Waals surface area contributed by atoms with Gasteiger partial charge >= 0.3 is 0 Å². The van der Waals surface area contributed by atoms with Gasteiger partial charge in [0.2, 0.25) is 5.91 Å². The maximum Gasteiger partial charge on any atom is 0.257 e. The van der Waals surface area contributed by atoms with Gasteiger partial charge in [-0.3, -0.25) is 9.59 Å². The first-order valence-electron chi connectivity index (χ1n) is 11.1. The number of fused-ring (bicyclic) bond motifs is 1. The smallest absolute Gasteiger partial charge is 0.257 e. The Balaban J connectivity index is 1.65. The number of rotatable bonds is 6. The maximum atomic E-state index is 14.3. The summed E-state index contributed by atoms with van der Waals surface area (Å²) in [5, 5.41) is 2.00. The average Bonchev–Trinajstić information content (AvgIpc) is 3.31. The molecule has 0 saturated heterocycles. The molecule has 0 bridgehead atoms. The molecule has 172 valence electrons. The lowest BCUT2D eigenvalue weighted by Gasteiger charge is -2.38. The van der Waals surface area contributed by atoms with E-state index in [4.69, 9.17) is 0 Å². The minimum atomic E-state index is -0.603. The van der Waals surface area contributed by atoms with Crippen LogP contribution in [0.15, 0.2) is 60.0 Å². The van der Waals surface area contributed by atoms with Gasteiger partial charge in [0.05, 0.1) is 11.6 Å². The van der Waals surface area contributed by atoms with Crippen LogP contribution < -0.4 is 0 Å². The van der Waals surface area contributed by atoms with E-state index in [1.165, 1.54) is 40.1 Å². The van der Waals surface area contributed by atoms with Gasteiger partial charge < -0.3 is 9.80 Å². The molecule has 4 rings (SSSR count). The van der Waals surface area contributed by atoms with Crippen molar-refractivity contribution in [1.29, 1.82) is 0 Å². The van der Waals surface area contributed by atoms with E-state index >= 15 is 0 Å². The van der Waals surface area contributed by atoms with Crippen molar-refractivity contribution < 1.29 is 18.4 Å². The predicted molar refractivity (Wildman–Crippen MR) is 125 cm³/mol. The molecule has 0 saturated carbocycles. The molecule has 7 heteroatoms. The summed E-state index contributed by atoms with van der Waals surface area (Å²) in [6.07, 6.45) is 1.35. The molecule has 0 fully saturated rings. The zero-order chi connectivity index (χ0) is 23.5. The van der Waals surface area contributed by atoms with Gasteiger partial charge in [0, 0.05) is 17.5 Å². The van der Waals surface area contributed by atoms with Crippen molar-refractivity contribution in [2.24, 2.45) is 0 Å². The second kappa shape index (κ2) is 9.83. The minimum Gasteiger partial charge on any atom is -0.330 e. The van der Waals surface area contributed by atoms with Gasteiger partial charge in [-0.15, -0.1) is 11.3 Å². The molecule has 1 aliphatic heterocycles. The Hall–Kier alpha value is -3.06. The van der Waals surface area contributed by atoms with Gasteiger partial charge in [-0.05, 0) is 66.6 Å². The summed E-state index contributed by atoms with van der Waals surface area (Å²) in [6.45, 7) is 4.13. The van der Waals surface area contributed by atoms with E-state index in [9.17, 15) is 18.4 Å². The van der Waals surface area contributed by atoms with E-state index in [0.717, 1.165) is 17.5 Å². The van der Waals surface area contributed by atoms with Gasteiger partial charge in [0.1, 0.15) is 18.2 Å². The highest BCUT2D eigenvalue weighted by Crippen LogP contribution is 2.38. The summed E-state index contributed by atoms with van der Waals surface area (Å²) in [6, 6.07) is 13.4. The van der Waals surface area contributed by atoms with Gasteiger partial charge in [0.25, 0.3) is 5.91 Å². The van der Waals surface area contributed by atoms with E-state index in [2.05, 4.69) is 0 Å². The summed E-state index contributed by atoms with van der Waals surface area (Å²) in [4.78, 5) is 31.2. The third-order valence-corrected chi connectivity index (χ3v) is 7.26. The summed E-state index contributed by atoms with van der Waals surface area (Å²) in [5.74, 6) is -1.65. The Labute approximate surface area is 196 Å². The molecule has 0 radical (unpaired) electrons. The summed E-state index contributed by atoms with van der Waals surface area (Å²) >= 11 is 1.65. The summed E-state index contributed by atoms with van der Waals surface area (Å²) < 4.78 is 27.9. The first-order chi connectivity index (χ1) is 15.9. The zero-order valence-corrected chi connectivity index (χ0v) is 19.4. The first-order valence-corrected chi connectivity index (χ1v) is 11.9. The molecule has 1 aliphatic rings. The van der Waals surface area contributed by atoms with Crippen LogP contribution in [0.5, 0.6) is 0 Å². The van der Waals surface area contributed by atoms with E-state index < -0.39 is 11.7 Å². The predicted octanol–water partition coefficient (Wildman–Crippen LogP) is 5.44. The number of benzene rings is 2. The molecule has 0 N–H and O–H groups in total. The third-order valence-electron chi connectivity index (χ3n) is 6.27. The summed E-state index contributed by atoms with van der Waals surface area (Å²) in [5.41, 5.74) is 1.81. The fraction of sp³-hybridized carbons (Fsp3) is 0.308. The van der Waals surface area contributed by atoms with Crippen LogP contribution in [0.1, 0.15) is 52.7 Å². The molecule has 0 spiro atoms. The van der Waals surface area contributed by atoms with Crippen LogP contribution in [-0.4, -0.2) is 40.7 Å². The molecule has 1 aromatic heterocycles. The molecule has 33 heavy (non-hydrogen) atoms. The molecule has 2 heterocycles. The molecular weight excluding hydrogens is 442 g/mol. The van der Waals surface area contributed by atoms with Crippen molar-refractivity contribution in [2.75, 3.05) is 13.1 Å². The Morgan fingerprint density at radius 3 is 2.55 bits per heavy atom. The van der Waals surface area contributed by atoms with Crippen molar-refractivity contribution >= 4 is 23.2 Å². The van der Waals surface area contributed by atoms with E-state index in [1.807, 2.05) is 25.3 Å². The number of thiophene rings is 1. The fourth-order valence-electron chi connectivity index (χ4n) is 4.26. The maximum absolute atomic E-state index is 14.3. The highest BCUT2D eigenvalue weighted by molar-refractivity contribution is 7.10. The Kier molecular flexibility index (Phi) is 6.88. The van der Waals surface area contributed by atoms with Crippen LogP contribution in [0.4, 0.5) is 8.78 Å². The largest absolute Gasteiger partial charge is 0.330 e. The van der Waals surface area contributed by atoms with Crippen molar-refractivity contribution in [1.82, 2.24) is 9.80 Å². The van der Waals surface area contributed by atoms with Gasteiger partial charge in [-0.1, -0.05) is 31.2 Å². The second-order valence-electron chi connectivity index (χ2n) is 8.26. The van der Waals surface area contributed by atoms with Crippen molar-refractivity contribution in [3.63, 3.8) is 0 Å². The number of nitrogens with zero attached hydrogens (tertiary/aromatic N) is 2. The number of hydrogen-bond donors (Lipinski definition) is 0. The van der Waals surface area contributed by atoms with Crippen molar-refractivity contribution in [3.8, 4) is 0 Å². The monoisotopic (exact) mass is 468 g/mol. The molecule has 2 atom stereocenters. The van der Waals surface area contributed by atoms with E-state index in [0.29, 0.717) is 13.0 Å². The second-order valence-corrected chi connectivity index (χ2v) is 9.26. The quantitative estimate of drug-likeness (QED) is 0.483. The molecule has 2 unspecified atom stereocenters. The fourth-order valence-corrected chi connectivity index (χ4v) is 5.17. The average molecular weight is 469 g/mol. The molecule has 3 aromatic rings. The van der Waals surface area contributed by atoms with Crippen LogP contribution in [0.3, 0.4) is 0 Å². The molecule has 2 aromatic carbocycles. The van der Waals surface area contributed by atoms with Crippen LogP contribution >= 0.6 is 11.3 Å². The minimum absolute atomic E-state index is 0.0422. The van der Waals surface area contributed by atoms with Crippen molar-refractivity contribution in [3.05, 3.63) is 93.2 Å². The topological polar surface area (TPSA) is 40.6 Å². The van der Waals surface area contributed by atoms with Crippen molar-refractivity contribution in [2.45, 2.75) is 38.8 Å². The summed E-state index contributed by atoms with van der Waals surface area (Å²) in [7, 11) is 0. The highest BCUT2D eigenvalue weighted by Gasteiger charge is 2.35. The van der Waals surface area contributed by atoms with Crippen LogP contribution in [0.25, 0.3) is 0 Å². The third kappa shape index (κ3) is 4.69. The Bertz CT molecular complexity index is 1150. The normalized spacial score (nSPS) is 16.2. The number of carbonyl (C=O) groups excluding carboxylic acids is 2. The lowest BCUT2D eigenvalue weighted by Crippen LogP contribution is -2.49. The van der Waals surface area contributed by atoms with E-state index in [1.54, 1.807) is 34.4 Å². The lowest BCUT2D eigenvalue weighted by molar-refractivity contribution is -0.134. The van der Waals surface area contributed by atoms with Gasteiger partial charge in [-0.25, -0.2) is 8.78 Å². The molecule has 2 amide bonds. The number of halogens is 2.